The van der Waals surface area contributed by atoms with Crippen molar-refractivity contribution in [1.82, 2.24) is 14.8 Å². The number of nitrogens with one attached hydrogen (secondary N) is 1. The van der Waals surface area contributed by atoms with Crippen molar-refractivity contribution in [3.8, 4) is 0 Å². The number of halogens is 2. The van der Waals surface area contributed by atoms with E-state index in [-0.39, 0.29) is 10.8 Å². The fourth-order valence-electron chi connectivity index (χ4n) is 2.30. The van der Waals surface area contributed by atoms with Crippen molar-refractivity contribution in [2.24, 2.45) is 0 Å². The van der Waals surface area contributed by atoms with Gasteiger partial charge in [-0.2, -0.15) is 4.98 Å². The molecule has 6 nitrogen and oxygen atoms in total. The van der Waals surface area contributed by atoms with Crippen LogP contribution >= 0.6 is 23.2 Å². The summed E-state index contributed by atoms with van der Waals surface area (Å²) >= 11 is 12.0. The van der Waals surface area contributed by atoms with E-state index in [1.807, 2.05) is 13.8 Å². The predicted molar refractivity (Wildman–Crippen MR) is 102 cm³/mol. The third-order valence-corrected chi connectivity index (χ3v) is 5.81. The van der Waals surface area contributed by atoms with Crippen LogP contribution in [0.25, 0.3) is 0 Å². The molecule has 0 aliphatic heterocycles. The first-order chi connectivity index (χ1) is 12.2. The molecule has 0 bridgehead atoms. The molecular formula is C17H16Cl2N4O2S. The van der Waals surface area contributed by atoms with Gasteiger partial charge in [-0.25, -0.2) is 17.8 Å². The minimum absolute atomic E-state index is 0.00619. The predicted octanol–water partition coefficient (Wildman–Crippen LogP) is 4.05. The quantitative estimate of drug-likeness (QED) is 0.687. The molecule has 1 N–H and O–H groups in total. The summed E-state index contributed by atoms with van der Waals surface area (Å²) in [6.07, 6.45) is 1.43. The first-order valence-electron chi connectivity index (χ1n) is 7.68. The van der Waals surface area contributed by atoms with Gasteiger partial charge in [0.15, 0.2) is 0 Å². The second-order valence-electron chi connectivity index (χ2n) is 5.85. The highest BCUT2D eigenvalue weighted by molar-refractivity contribution is 7.92. The zero-order chi connectivity index (χ0) is 18.9. The van der Waals surface area contributed by atoms with Gasteiger partial charge in [0.2, 0.25) is 0 Å². The monoisotopic (exact) mass is 410 g/mol. The molecule has 26 heavy (non-hydrogen) atoms. The van der Waals surface area contributed by atoms with Gasteiger partial charge in [0.25, 0.3) is 16.0 Å². The Morgan fingerprint density at radius 2 is 1.85 bits per heavy atom. The number of hydrogen-bond acceptors (Lipinski definition) is 4. The fraction of sp³-hybridized carbons (Fsp3) is 0.176. The van der Waals surface area contributed by atoms with E-state index in [0.29, 0.717) is 16.6 Å². The Kier molecular flexibility index (Phi) is 5.22. The zero-order valence-corrected chi connectivity index (χ0v) is 16.4. The molecule has 0 aliphatic carbocycles. The van der Waals surface area contributed by atoms with Gasteiger partial charge in [-0.3, -0.25) is 0 Å². The Hall–Kier alpha value is -2.09. The van der Waals surface area contributed by atoms with Crippen LogP contribution in [-0.4, -0.2) is 23.2 Å². The van der Waals surface area contributed by atoms with Crippen molar-refractivity contribution in [3.05, 3.63) is 69.5 Å². The normalized spacial score (nSPS) is 11.5. The van der Waals surface area contributed by atoms with Crippen LogP contribution in [0.15, 0.2) is 47.6 Å². The van der Waals surface area contributed by atoms with Gasteiger partial charge in [-0.1, -0.05) is 35.3 Å². The van der Waals surface area contributed by atoms with E-state index in [0.717, 1.165) is 16.7 Å². The lowest BCUT2D eigenvalue weighted by Crippen LogP contribution is -2.14. The van der Waals surface area contributed by atoms with Crippen LogP contribution in [0.4, 0.5) is 5.95 Å². The maximum absolute atomic E-state index is 12.5. The molecule has 0 atom stereocenters. The largest absolute Gasteiger partial charge is 0.264 e. The highest BCUT2D eigenvalue weighted by Gasteiger charge is 2.17. The summed E-state index contributed by atoms with van der Waals surface area (Å²) in [5.41, 5.74) is 2.71. The number of rotatable bonds is 5. The average molecular weight is 411 g/mol. The van der Waals surface area contributed by atoms with Crippen molar-refractivity contribution < 1.29 is 8.42 Å². The van der Waals surface area contributed by atoms with Crippen molar-refractivity contribution in [2.75, 3.05) is 4.72 Å². The Bertz CT molecular complexity index is 1060. The Morgan fingerprint density at radius 3 is 2.54 bits per heavy atom. The molecule has 1 heterocycles. The molecule has 0 fully saturated rings. The van der Waals surface area contributed by atoms with Crippen molar-refractivity contribution in [1.29, 1.82) is 0 Å². The number of nitrogens with zero attached hydrogens (tertiary/aromatic N) is 3. The molecule has 0 saturated carbocycles. The number of hydrogen-bond donors (Lipinski definition) is 1. The van der Waals surface area contributed by atoms with Crippen LogP contribution in [0, 0.1) is 13.8 Å². The molecule has 0 saturated heterocycles. The van der Waals surface area contributed by atoms with Gasteiger partial charge in [0.1, 0.15) is 6.33 Å². The first kappa shape index (κ1) is 18.7. The second-order valence-corrected chi connectivity index (χ2v) is 8.38. The molecule has 9 heteroatoms. The number of sulfonamides is 1. The van der Waals surface area contributed by atoms with Crippen molar-refractivity contribution in [2.45, 2.75) is 25.3 Å². The Morgan fingerprint density at radius 1 is 1.08 bits per heavy atom. The van der Waals surface area contributed by atoms with Crippen LogP contribution in [0.5, 0.6) is 0 Å². The van der Waals surface area contributed by atoms with E-state index >= 15 is 0 Å². The van der Waals surface area contributed by atoms with Gasteiger partial charge < -0.3 is 0 Å². The average Bonchev–Trinajstić information content (AvgIpc) is 2.99. The van der Waals surface area contributed by atoms with Gasteiger partial charge in [-0.05, 0) is 54.8 Å². The SMILES string of the molecule is Cc1ccc(S(=O)(=O)Nc2ncn(Cc3ccc(Cl)cc3Cl)n2)cc1C. The highest BCUT2D eigenvalue weighted by Crippen LogP contribution is 2.22. The zero-order valence-electron chi connectivity index (χ0n) is 14.1. The van der Waals surface area contributed by atoms with Crippen molar-refractivity contribution >= 4 is 39.2 Å². The highest BCUT2D eigenvalue weighted by atomic mass is 35.5. The molecule has 0 amide bonds. The Balaban J connectivity index is 1.78. The van der Waals surface area contributed by atoms with E-state index in [9.17, 15) is 8.42 Å². The maximum Gasteiger partial charge on any atom is 0.264 e. The molecule has 0 aliphatic rings. The summed E-state index contributed by atoms with van der Waals surface area (Å²) in [6, 6.07) is 10.1. The molecule has 2 aromatic carbocycles. The van der Waals surface area contributed by atoms with Crippen LogP contribution in [-0.2, 0) is 16.6 Å². The molecule has 0 unspecified atom stereocenters. The fourth-order valence-corrected chi connectivity index (χ4v) is 3.80. The third kappa shape index (κ3) is 4.17. The van der Waals surface area contributed by atoms with Gasteiger partial charge >= 0.3 is 0 Å². The van der Waals surface area contributed by atoms with Crippen molar-refractivity contribution in [3.63, 3.8) is 0 Å². The van der Waals surface area contributed by atoms with E-state index in [4.69, 9.17) is 23.2 Å². The number of anilines is 1. The molecule has 0 radical (unpaired) electrons. The minimum Gasteiger partial charge on any atom is -0.246 e. The maximum atomic E-state index is 12.5. The summed E-state index contributed by atoms with van der Waals surface area (Å²) in [4.78, 5) is 4.17. The summed E-state index contributed by atoms with van der Waals surface area (Å²) in [7, 11) is -3.76. The van der Waals surface area contributed by atoms with Crippen LogP contribution in [0.2, 0.25) is 10.0 Å². The number of aryl methyl sites for hydroxylation is 2. The van der Waals surface area contributed by atoms with Gasteiger partial charge in [0.05, 0.1) is 11.4 Å². The van der Waals surface area contributed by atoms with E-state index in [1.165, 1.54) is 11.0 Å². The van der Waals surface area contributed by atoms with Gasteiger partial charge in [-0.15, -0.1) is 5.10 Å². The molecule has 3 aromatic rings. The number of aromatic nitrogens is 3. The Labute approximate surface area is 161 Å². The topological polar surface area (TPSA) is 76.9 Å². The molecule has 3 rings (SSSR count). The third-order valence-electron chi connectivity index (χ3n) is 3.90. The van der Waals surface area contributed by atoms with Crippen LogP contribution in [0.1, 0.15) is 16.7 Å². The van der Waals surface area contributed by atoms with E-state index in [1.54, 1.807) is 36.4 Å². The lowest BCUT2D eigenvalue weighted by molar-refractivity contribution is 0.600. The lowest BCUT2D eigenvalue weighted by atomic mass is 10.1. The minimum atomic E-state index is -3.76. The van der Waals surface area contributed by atoms with E-state index in [2.05, 4.69) is 14.8 Å². The summed E-state index contributed by atoms with van der Waals surface area (Å²) in [6.45, 7) is 4.12. The molecule has 0 spiro atoms. The molecule has 136 valence electrons. The summed E-state index contributed by atoms with van der Waals surface area (Å²) in [5, 5.41) is 5.19. The molecular weight excluding hydrogens is 395 g/mol. The first-order valence-corrected chi connectivity index (χ1v) is 9.92. The standard InChI is InChI=1S/C17H16Cl2N4O2S/c1-11-3-6-15(7-12(11)2)26(24,25)22-17-20-10-23(21-17)9-13-4-5-14(18)8-16(13)19/h3-8,10H,9H2,1-2H3,(H,21,22). The van der Waals surface area contributed by atoms with Gasteiger partial charge in [0, 0.05) is 10.0 Å². The van der Waals surface area contributed by atoms with E-state index < -0.39 is 10.0 Å². The second kappa shape index (κ2) is 7.26. The summed E-state index contributed by atoms with van der Waals surface area (Å²) in [5.74, 6) is -0.00619. The summed E-state index contributed by atoms with van der Waals surface area (Å²) < 4.78 is 28.9. The van der Waals surface area contributed by atoms with Crippen LogP contribution < -0.4 is 4.72 Å². The number of benzene rings is 2. The molecule has 1 aromatic heterocycles. The lowest BCUT2D eigenvalue weighted by Gasteiger charge is -2.07. The van der Waals surface area contributed by atoms with Crippen LogP contribution in [0.3, 0.4) is 0 Å². The smallest absolute Gasteiger partial charge is 0.246 e.